The molecule has 0 bridgehead atoms. The van der Waals surface area contributed by atoms with E-state index in [1.807, 2.05) is 12.1 Å². The Labute approximate surface area is 193 Å². The highest BCUT2D eigenvalue weighted by atomic mass is 32.2. The predicted octanol–water partition coefficient (Wildman–Crippen LogP) is 5.85. The van der Waals surface area contributed by atoms with Gasteiger partial charge in [-0.3, -0.25) is 4.68 Å². The number of benzene rings is 2. The summed E-state index contributed by atoms with van der Waals surface area (Å²) in [6.45, 7) is 1.26. The minimum atomic E-state index is -0.898. The summed E-state index contributed by atoms with van der Waals surface area (Å²) in [7, 11) is 0. The summed E-state index contributed by atoms with van der Waals surface area (Å²) in [5, 5.41) is 15.1. The van der Waals surface area contributed by atoms with Gasteiger partial charge in [0.15, 0.2) is 0 Å². The molecule has 0 unspecified atom stereocenters. The van der Waals surface area contributed by atoms with Gasteiger partial charge in [-0.1, -0.05) is 60.7 Å². The lowest BCUT2D eigenvalue weighted by atomic mass is 9.82. The fraction of sp³-hybridized carbons (Fsp3) is 0.385. The average molecular weight is 451 g/mol. The predicted molar refractivity (Wildman–Crippen MR) is 129 cm³/mol. The SMILES string of the molecule is CSc1c(-c2ccccc2)c(-c2ccccc2)nn1C[C@H]1CC[C@@H](COCC(=O)O)CC1. The molecule has 4 rings (SSSR count). The van der Waals surface area contributed by atoms with Crippen molar-refractivity contribution in [1.29, 1.82) is 0 Å². The van der Waals surface area contributed by atoms with Crippen LogP contribution in [0.4, 0.5) is 0 Å². The van der Waals surface area contributed by atoms with E-state index < -0.39 is 5.97 Å². The molecule has 1 aromatic heterocycles. The Bertz CT molecular complexity index is 1010. The molecule has 1 fully saturated rings. The summed E-state index contributed by atoms with van der Waals surface area (Å²) >= 11 is 1.76. The maximum absolute atomic E-state index is 10.7. The van der Waals surface area contributed by atoms with Crippen LogP contribution in [-0.2, 0) is 16.1 Å². The molecule has 0 spiro atoms. The lowest BCUT2D eigenvalue weighted by molar-refractivity contribution is -0.142. The van der Waals surface area contributed by atoms with Crippen LogP contribution in [0.2, 0.25) is 0 Å². The van der Waals surface area contributed by atoms with Crippen LogP contribution in [-0.4, -0.2) is 40.3 Å². The average Bonchev–Trinajstić information content (AvgIpc) is 3.19. The summed E-state index contributed by atoms with van der Waals surface area (Å²) in [4.78, 5) is 10.7. The molecular formula is C26H30N2O3S. The lowest BCUT2D eigenvalue weighted by Crippen LogP contribution is -2.23. The molecule has 1 saturated carbocycles. The van der Waals surface area contributed by atoms with Crippen LogP contribution in [0.25, 0.3) is 22.4 Å². The fourth-order valence-electron chi connectivity index (χ4n) is 4.58. The van der Waals surface area contributed by atoms with Crippen LogP contribution in [0.1, 0.15) is 25.7 Å². The summed E-state index contributed by atoms with van der Waals surface area (Å²) in [5.41, 5.74) is 4.58. The van der Waals surface area contributed by atoms with Gasteiger partial charge in [0, 0.05) is 17.7 Å². The van der Waals surface area contributed by atoms with E-state index in [0.717, 1.165) is 43.5 Å². The van der Waals surface area contributed by atoms with Gasteiger partial charge in [0.1, 0.15) is 17.3 Å². The number of carboxylic acids is 1. The van der Waals surface area contributed by atoms with Gasteiger partial charge < -0.3 is 9.84 Å². The van der Waals surface area contributed by atoms with Gasteiger partial charge in [0.25, 0.3) is 0 Å². The van der Waals surface area contributed by atoms with E-state index in [1.165, 1.54) is 16.2 Å². The molecule has 1 heterocycles. The second-order valence-corrected chi connectivity index (χ2v) is 9.24. The molecule has 1 N–H and O–H groups in total. The zero-order chi connectivity index (χ0) is 22.3. The summed E-state index contributed by atoms with van der Waals surface area (Å²) < 4.78 is 7.53. The van der Waals surface area contributed by atoms with E-state index in [4.69, 9.17) is 14.9 Å². The van der Waals surface area contributed by atoms with Crippen LogP contribution < -0.4 is 0 Å². The molecule has 1 aliphatic rings. The molecule has 5 nitrogen and oxygen atoms in total. The molecule has 0 atom stereocenters. The molecule has 0 aliphatic heterocycles. The number of carboxylic acid groups (broad SMARTS) is 1. The van der Waals surface area contributed by atoms with Crippen LogP contribution in [0.3, 0.4) is 0 Å². The van der Waals surface area contributed by atoms with Crippen LogP contribution >= 0.6 is 11.8 Å². The van der Waals surface area contributed by atoms with Gasteiger partial charge in [0.2, 0.25) is 0 Å². The van der Waals surface area contributed by atoms with E-state index in [2.05, 4.69) is 59.5 Å². The lowest BCUT2D eigenvalue weighted by Gasteiger charge is -2.28. The number of thioether (sulfide) groups is 1. The number of ether oxygens (including phenoxy) is 1. The molecule has 32 heavy (non-hydrogen) atoms. The van der Waals surface area contributed by atoms with Crippen LogP contribution in [0.5, 0.6) is 0 Å². The summed E-state index contributed by atoms with van der Waals surface area (Å²) in [6, 6.07) is 21.0. The van der Waals surface area contributed by atoms with Gasteiger partial charge >= 0.3 is 5.97 Å². The Kier molecular flexibility index (Phi) is 7.66. The van der Waals surface area contributed by atoms with Crippen molar-refractivity contribution in [3.05, 3.63) is 60.7 Å². The Morgan fingerprint density at radius 3 is 2.19 bits per heavy atom. The molecular weight excluding hydrogens is 420 g/mol. The minimum Gasteiger partial charge on any atom is -0.480 e. The van der Waals surface area contributed by atoms with Gasteiger partial charge in [-0.2, -0.15) is 5.10 Å². The first-order chi connectivity index (χ1) is 15.7. The first-order valence-corrected chi connectivity index (χ1v) is 12.4. The van der Waals surface area contributed by atoms with E-state index >= 15 is 0 Å². The van der Waals surface area contributed by atoms with Crippen molar-refractivity contribution in [2.45, 2.75) is 37.3 Å². The van der Waals surface area contributed by atoms with E-state index in [-0.39, 0.29) is 6.61 Å². The smallest absolute Gasteiger partial charge is 0.329 e. The second kappa shape index (κ2) is 10.8. The zero-order valence-electron chi connectivity index (χ0n) is 18.4. The first-order valence-electron chi connectivity index (χ1n) is 11.2. The second-order valence-electron chi connectivity index (χ2n) is 8.44. The Morgan fingerprint density at radius 2 is 1.59 bits per heavy atom. The molecule has 168 valence electrons. The van der Waals surface area contributed by atoms with E-state index in [1.54, 1.807) is 11.8 Å². The number of carbonyl (C=O) groups is 1. The van der Waals surface area contributed by atoms with Crippen molar-refractivity contribution < 1.29 is 14.6 Å². The zero-order valence-corrected chi connectivity index (χ0v) is 19.3. The van der Waals surface area contributed by atoms with Crippen molar-refractivity contribution >= 4 is 17.7 Å². The van der Waals surface area contributed by atoms with Crippen molar-refractivity contribution in [3.8, 4) is 22.4 Å². The molecule has 6 heteroatoms. The third-order valence-electron chi connectivity index (χ3n) is 6.19. The largest absolute Gasteiger partial charge is 0.480 e. The van der Waals surface area contributed by atoms with Crippen molar-refractivity contribution in [2.75, 3.05) is 19.5 Å². The van der Waals surface area contributed by atoms with Crippen LogP contribution in [0.15, 0.2) is 65.7 Å². The Hall–Kier alpha value is -2.57. The number of hydrogen-bond acceptors (Lipinski definition) is 4. The third-order valence-corrected chi connectivity index (χ3v) is 6.99. The fourth-order valence-corrected chi connectivity index (χ4v) is 5.32. The number of aliphatic carboxylic acids is 1. The topological polar surface area (TPSA) is 64.4 Å². The van der Waals surface area contributed by atoms with Gasteiger partial charge in [-0.15, -0.1) is 11.8 Å². The minimum absolute atomic E-state index is 0.200. The van der Waals surface area contributed by atoms with Crippen molar-refractivity contribution in [2.24, 2.45) is 11.8 Å². The number of nitrogens with zero attached hydrogens (tertiary/aromatic N) is 2. The Morgan fingerprint density at radius 1 is 1.00 bits per heavy atom. The maximum atomic E-state index is 10.7. The molecule has 1 aliphatic carbocycles. The van der Waals surface area contributed by atoms with Crippen LogP contribution in [0, 0.1) is 11.8 Å². The van der Waals surface area contributed by atoms with Crippen molar-refractivity contribution in [1.82, 2.24) is 9.78 Å². The highest BCUT2D eigenvalue weighted by Gasteiger charge is 2.25. The third kappa shape index (κ3) is 5.43. The van der Waals surface area contributed by atoms with Gasteiger partial charge in [-0.05, 0) is 49.3 Å². The highest BCUT2D eigenvalue weighted by molar-refractivity contribution is 7.98. The van der Waals surface area contributed by atoms with Gasteiger partial charge in [0.05, 0.1) is 6.61 Å². The molecule has 3 aromatic rings. The number of rotatable bonds is 9. The molecule has 0 saturated heterocycles. The molecule has 0 radical (unpaired) electrons. The monoisotopic (exact) mass is 450 g/mol. The number of hydrogen-bond donors (Lipinski definition) is 1. The van der Waals surface area contributed by atoms with Crippen molar-refractivity contribution in [3.63, 3.8) is 0 Å². The standard InChI is InChI=1S/C26H30N2O3S/c1-32-26-24(21-8-4-2-5-9-21)25(22-10-6-3-7-11-22)27-28(26)16-19-12-14-20(15-13-19)17-31-18-23(29)30/h2-11,19-20H,12-18H2,1H3,(H,29,30)/t19-,20+. The summed E-state index contributed by atoms with van der Waals surface area (Å²) in [5.74, 6) is 0.136. The first kappa shape index (κ1) is 22.6. The highest BCUT2D eigenvalue weighted by Crippen LogP contribution is 2.40. The molecule has 2 aromatic carbocycles. The molecule has 0 amide bonds. The van der Waals surface area contributed by atoms with E-state index in [0.29, 0.717) is 18.4 Å². The van der Waals surface area contributed by atoms with Gasteiger partial charge in [-0.25, -0.2) is 4.79 Å². The summed E-state index contributed by atoms with van der Waals surface area (Å²) in [6.07, 6.45) is 6.53. The Balaban J connectivity index is 1.54. The maximum Gasteiger partial charge on any atom is 0.329 e. The number of aromatic nitrogens is 2. The normalized spacial score (nSPS) is 18.5. The van der Waals surface area contributed by atoms with E-state index in [9.17, 15) is 4.79 Å². The quantitative estimate of drug-likeness (QED) is 0.415.